The van der Waals surface area contributed by atoms with Crippen molar-refractivity contribution in [3.05, 3.63) is 60.2 Å². The van der Waals surface area contributed by atoms with Crippen molar-refractivity contribution in [2.75, 3.05) is 13.2 Å². The third kappa shape index (κ3) is 9.17. The van der Waals surface area contributed by atoms with Crippen LogP contribution in [0.3, 0.4) is 0 Å². The molecule has 2 aromatic heterocycles. The lowest BCUT2D eigenvalue weighted by molar-refractivity contribution is -0.126. The van der Waals surface area contributed by atoms with E-state index in [9.17, 15) is 14.4 Å². The summed E-state index contributed by atoms with van der Waals surface area (Å²) in [6, 6.07) is 10.6. The van der Waals surface area contributed by atoms with Crippen LogP contribution in [0.4, 0.5) is 4.79 Å². The van der Waals surface area contributed by atoms with Gasteiger partial charge in [0.2, 0.25) is 0 Å². The molecule has 0 aliphatic heterocycles. The maximum atomic E-state index is 11.6. The van der Waals surface area contributed by atoms with Crippen molar-refractivity contribution in [2.45, 2.75) is 13.1 Å². The van der Waals surface area contributed by atoms with Crippen molar-refractivity contribution >= 4 is 30.4 Å². The Kier molecular flexibility index (Phi) is 9.87. The fourth-order valence-corrected chi connectivity index (χ4v) is 1.78. The Balaban J connectivity index is 0.00000364. The van der Waals surface area contributed by atoms with Crippen molar-refractivity contribution in [1.82, 2.24) is 20.6 Å². The SMILES string of the molecule is Cl.O=C(COC(=O)OCC(=O)NCc1ccccn1)NCc1ccccn1. The van der Waals surface area contributed by atoms with E-state index in [-0.39, 0.29) is 25.5 Å². The Labute approximate surface area is 161 Å². The molecule has 2 N–H and O–H groups in total. The van der Waals surface area contributed by atoms with Crippen molar-refractivity contribution < 1.29 is 23.9 Å². The van der Waals surface area contributed by atoms with Crippen LogP contribution < -0.4 is 10.6 Å². The highest BCUT2D eigenvalue weighted by Crippen LogP contribution is 1.94. The molecule has 0 radical (unpaired) electrons. The molecule has 0 spiro atoms. The predicted molar refractivity (Wildman–Crippen MR) is 96.7 cm³/mol. The van der Waals surface area contributed by atoms with E-state index < -0.39 is 31.2 Å². The predicted octanol–water partition coefficient (Wildman–Crippen LogP) is 0.984. The number of rotatable bonds is 8. The highest BCUT2D eigenvalue weighted by Gasteiger charge is 2.11. The largest absolute Gasteiger partial charge is 0.509 e. The van der Waals surface area contributed by atoms with Gasteiger partial charge in [0.15, 0.2) is 13.2 Å². The zero-order valence-corrected chi connectivity index (χ0v) is 15.1. The van der Waals surface area contributed by atoms with Gasteiger partial charge in [0.05, 0.1) is 24.5 Å². The summed E-state index contributed by atoms with van der Waals surface area (Å²) >= 11 is 0. The number of hydrogen-bond donors (Lipinski definition) is 2. The summed E-state index contributed by atoms with van der Waals surface area (Å²) in [7, 11) is 0. The third-order valence-corrected chi connectivity index (χ3v) is 3.03. The number of pyridine rings is 2. The highest BCUT2D eigenvalue weighted by molar-refractivity contribution is 5.85. The zero-order chi connectivity index (χ0) is 18.6. The van der Waals surface area contributed by atoms with Crippen LogP contribution in [-0.2, 0) is 32.2 Å². The molecule has 2 rings (SSSR count). The van der Waals surface area contributed by atoms with E-state index in [1.54, 1.807) is 48.8 Å². The summed E-state index contributed by atoms with van der Waals surface area (Å²) in [6.45, 7) is -0.593. The average molecular weight is 395 g/mol. The average Bonchev–Trinajstić information content (AvgIpc) is 2.69. The minimum Gasteiger partial charge on any atom is -0.424 e. The molecule has 0 saturated carbocycles. The Morgan fingerprint density at radius 3 is 1.59 bits per heavy atom. The lowest BCUT2D eigenvalue weighted by Crippen LogP contribution is -2.31. The van der Waals surface area contributed by atoms with Crippen molar-refractivity contribution in [1.29, 1.82) is 0 Å². The lowest BCUT2D eigenvalue weighted by atomic mass is 10.3. The van der Waals surface area contributed by atoms with Gasteiger partial charge >= 0.3 is 6.16 Å². The second kappa shape index (κ2) is 12.2. The molecule has 2 heterocycles. The molecule has 0 saturated heterocycles. The number of nitrogens with one attached hydrogen (secondary N) is 2. The van der Waals surface area contributed by atoms with Crippen LogP contribution in [-0.4, -0.2) is 41.2 Å². The van der Waals surface area contributed by atoms with Crippen molar-refractivity contribution in [3.63, 3.8) is 0 Å². The van der Waals surface area contributed by atoms with Gasteiger partial charge in [-0.3, -0.25) is 19.6 Å². The third-order valence-electron chi connectivity index (χ3n) is 3.03. The van der Waals surface area contributed by atoms with Crippen molar-refractivity contribution in [2.24, 2.45) is 0 Å². The number of carbonyl (C=O) groups is 3. The van der Waals surface area contributed by atoms with Crippen LogP contribution in [0.25, 0.3) is 0 Å². The second-order valence-electron chi connectivity index (χ2n) is 5.02. The molecule has 0 bridgehead atoms. The Bertz CT molecular complexity index is 669. The van der Waals surface area contributed by atoms with Crippen LogP contribution in [0.5, 0.6) is 0 Å². The number of halogens is 1. The molecule has 2 aromatic rings. The van der Waals surface area contributed by atoms with E-state index in [4.69, 9.17) is 0 Å². The van der Waals surface area contributed by atoms with Gasteiger partial charge in [0, 0.05) is 12.4 Å². The van der Waals surface area contributed by atoms with E-state index in [0.717, 1.165) is 0 Å². The van der Waals surface area contributed by atoms with E-state index >= 15 is 0 Å². The highest BCUT2D eigenvalue weighted by atomic mass is 35.5. The Morgan fingerprint density at radius 1 is 0.778 bits per heavy atom. The number of amides is 2. The molecule has 9 nitrogen and oxygen atoms in total. The first-order valence-corrected chi connectivity index (χ1v) is 7.76. The van der Waals surface area contributed by atoms with E-state index in [1.165, 1.54) is 0 Å². The molecule has 27 heavy (non-hydrogen) atoms. The molecule has 0 unspecified atom stereocenters. The normalized spacial score (nSPS) is 9.48. The van der Waals surface area contributed by atoms with Crippen LogP contribution >= 0.6 is 12.4 Å². The maximum absolute atomic E-state index is 11.6. The van der Waals surface area contributed by atoms with Crippen LogP contribution in [0.1, 0.15) is 11.4 Å². The summed E-state index contributed by atoms with van der Waals surface area (Å²) in [6.07, 6.45) is 2.11. The molecule has 10 heteroatoms. The van der Waals surface area contributed by atoms with Gasteiger partial charge in [-0.05, 0) is 24.3 Å². The Morgan fingerprint density at radius 2 is 1.22 bits per heavy atom. The van der Waals surface area contributed by atoms with Gasteiger partial charge in [-0.25, -0.2) is 4.79 Å². The molecule has 0 atom stereocenters. The van der Waals surface area contributed by atoms with Crippen LogP contribution in [0, 0.1) is 0 Å². The van der Waals surface area contributed by atoms with Gasteiger partial charge in [0.1, 0.15) is 0 Å². The Hall–Kier alpha value is -3.20. The molecule has 144 valence electrons. The zero-order valence-electron chi connectivity index (χ0n) is 14.3. The first-order chi connectivity index (χ1) is 12.6. The topological polar surface area (TPSA) is 120 Å². The molecular formula is C17H19ClN4O5. The van der Waals surface area contributed by atoms with Crippen LogP contribution in [0.2, 0.25) is 0 Å². The molecule has 0 fully saturated rings. The summed E-state index contributed by atoms with van der Waals surface area (Å²) < 4.78 is 9.24. The number of hydrogen-bond acceptors (Lipinski definition) is 7. The molecule has 0 aromatic carbocycles. The summed E-state index contributed by atoms with van der Waals surface area (Å²) in [5.41, 5.74) is 1.35. The standard InChI is InChI=1S/C17H18N4O5.ClH/c22-15(20-9-13-5-1-3-7-18-13)11-25-17(24)26-12-16(23)21-10-14-6-2-4-8-19-14;/h1-8H,9-12H2,(H,20,22)(H,21,23);1H. The van der Waals surface area contributed by atoms with Gasteiger partial charge in [-0.2, -0.15) is 0 Å². The first kappa shape index (κ1) is 21.8. The fraction of sp³-hybridized carbons (Fsp3) is 0.235. The smallest absolute Gasteiger partial charge is 0.424 e. The number of carbonyl (C=O) groups excluding carboxylic acids is 3. The molecule has 0 aliphatic carbocycles. The lowest BCUT2D eigenvalue weighted by Gasteiger charge is -2.07. The van der Waals surface area contributed by atoms with E-state index in [0.29, 0.717) is 11.4 Å². The maximum Gasteiger partial charge on any atom is 0.509 e. The van der Waals surface area contributed by atoms with Gasteiger partial charge < -0.3 is 20.1 Å². The number of nitrogens with zero attached hydrogens (tertiary/aromatic N) is 2. The minimum atomic E-state index is -1.11. The quantitative estimate of drug-likeness (QED) is 0.640. The second-order valence-corrected chi connectivity index (χ2v) is 5.02. The van der Waals surface area contributed by atoms with Gasteiger partial charge in [-0.1, -0.05) is 12.1 Å². The summed E-state index contributed by atoms with van der Waals surface area (Å²) in [4.78, 5) is 42.6. The number of aromatic nitrogens is 2. The van der Waals surface area contributed by atoms with E-state index in [1.807, 2.05) is 0 Å². The molecule has 0 aliphatic rings. The van der Waals surface area contributed by atoms with E-state index in [2.05, 4.69) is 30.1 Å². The summed E-state index contributed by atoms with van der Waals surface area (Å²) in [5.74, 6) is -1.01. The summed E-state index contributed by atoms with van der Waals surface area (Å²) in [5, 5.41) is 5.07. The first-order valence-electron chi connectivity index (χ1n) is 7.76. The van der Waals surface area contributed by atoms with Gasteiger partial charge in [0.25, 0.3) is 11.8 Å². The fourth-order valence-electron chi connectivity index (χ4n) is 1.78. The minimum absolute atomic E-state index is 0. The molecule has 2 amide bonds. The van der Waals surface area contributed by atoms with Gasteiger partial charge in [-0.15, -0.1) is 12.4 Å². The number of ether oxygens (including phenoxy) is 2. The van der Waals surface area contributed by atoms with Crippen LogP contribution in [0.15, 0.2) is 48.8 Å². The monoisotopic (exact) mass is 394 g/mol. The molecular weight excluding hydrogens is 376 g/mol. The van der Waals surface area contributed by atoms with Crippen molar-refractivity contribution in [3.8, 4) is 0 Å².